The molecule has 6 nitrogen and oxygen atoms in total. The Bertz CT molecular complexity index is 468. The number of hydrogen-bond donors (Lipinski definition) is 1. The fourth-order valence-electron chi connectivity index (χ4n) is 1.81. The second-order valence-corrected chi connectivity index (χ2v) is 12.1. The Morgan fingerprint density at radius 2 is 2.14 bits per heavy atom. The minimum atomic E-state index is -1.14. The van der Waals surface area contributed by atoms with E-state index < -0.39 is 14.0 Å². The van der Waals surface area contributed by atoms with Crippen LogP contribution in [-0.2, 0) is 16.2 Å². The zero-order chi connectivity index (χ0) is 16.0. The van der Waals surface area contributed by atoms with Crippen LogP contribution in [0.2, 0.25) is 25.7 Å². The molecular formula is C14H26N2O4Si. The van der Waals surface area contributed by atoms with Crippen molar-refractivity contribution in [2.75, 3.05) is 20.3 Å². The average molecular weight is 314 g/mol. The van der Waals surface area contributed by atoms with Crippen molar-refractivity contribution in [1.29, 1.82) is 0 Å². The number of aromatic carboxylic acids is 1. The van der Waals surface area contributed by atoms with Crippen LogP contribution in [0.4, 0.5) is 0 Å². The number of carbonyl (C=O) groups is 1. The summed E-state index contributed by atoms with van der Waals surface area (Å²) in [5.41, 5.74) is 0.865. The normalized spacial score (nSPS) is 13.4. The topological polar surface area (TPSA) is 73.6 Å². The molecule has 7 heteroatoms. The molecule has 0 fully saturated rings. The third-order valence-electron chi connectivity index (χ3n) is 3.15. The zero-order valence-electron chi connectivity index (χ0n) is 13.5. The lowest BCUT2D eigenvalue weighted by atomic mass is 10.1. The van der Waals surface area contributed by atoms with Gasteiger partial charge in [0.1, 0.15) is 12.4 Å². The molecule has 1 aromatic rings. The zero-order valence-corrected chi connectivity index (χ0v) is 14.5. The van der Waals surface area contributed by atoms with Gasteiger partial charge in [-0.25, -0.2) is 9.48 Å². The molecule has 1 rings (SSSR count). The van der Waals surface area contributed by atoms with Crippen LogP contribution in [0, 0.1) is 0 Å². The van der Waals surface area contributed by atoms with Crippen molar-refractivity contribution in [3.63, 3.8) is 0 Å². The lowest BCUT2D eigenvalue weighted by molar-refractivity contribution is 0.0589. The van der Waals surface area contributed by atoms with Gasteiger partial charge in [0.05, 0.1) is 12.3 Å². The van der Waals surface area contributed by atoms with Crippen molar-refractivity contribution in [1.82, 2.24) is 9.78 Å². The van der Waals surface area contributed by atoms with E-state index in [2.05, 4.69) is 24.7 Å². The van der Waals surface area contributed by atoms with Gasteiger partial charge in [0, 0.05) is 27.7 Å². The van der Waals surface area contributed by atoms with Crippen LogP contribution in [0.5, 0.6) is 0 Å². The maximum absolute atomic E-state index is 11.3. The van der Waals surface area contributed by atoms with Crippen LogP contribution in [0.3, 0.4) is 0 Å². The molecule has 1 unspecified atom stereocenters. The Morgan fingerprint density at radius 1 is 1.48 bits per heavy atom. The van der Waals surface area contributed by atoms with Crippen LogP contribution in [0.15, 0.2) is 6.07 Å². The van der Waals surface area contributed by atoms with Crippen LogP contribution < -0.4 is 0 Å². The fourth-order valence-corrected chi connectivity index (χ4v) is 2.57. The fraction of sp³-hybridized carbons (Fsp3) is 0.714. The lowest BCUT2D eigenvalue weighted by Gasteiger charge is -2.15. The molecule has 0 aliphatic carbocycles. The van der Waals surface area contributed by atoms with Gasteiger partial charge in [-0.15, -0.1) is 0 Å². The molecule has 1 N–H and O–H groups in total. The first-order valence-electron chi connectivity index (χ1n) is 7.12. The third-order valence-corrected chi connectivity index (χ3v) is 4.85. The molecule has 1 aromatic heterocycles. The summed E-state index contributed by atoms with van der Waals surface area (Å²) in [6.07, 6.45) is 0. The highest BCUT2D eigenvalue weighted by atomic mass is 28.3. The molecule has 0 saturated carbocycles. The van der Waals surface area contributed by atoms with E-state index >= 15 is 0 Å². The maximum Gasteiger partial charge on any atom is 0.354 e. The highest BCUT2D eigenvalue weighted by Crippen LogP contribution is 2.16. The molecule has 120 valence electrons. The van der Waals surface area contributed by atoms with E-state index in [-0.39, 0.29) is 18.3 Å². The molecule has 21 heavy (non-hydrogen) atoms. The minimum absolute atomic E-state index is 0.0522. The molecule has 0 aliphatic heterocycles. The molecule has 1 atom stereocenters. The van der Waals surface area contributed by atoms with E-state index in [1.807, 2.05) is 6.92 Å². The van der Waals surface area contributed by atoms with E-state index in [0.717, 1.165) is 6.04 Å². The van der Waals surface area contributed by atoms with Gasteiger partial charge < -0.3 is 14.6 Å². The molecule has 0 bridgehead atoms. The lowest BCUT2D eigenvalue weighted by Crippen LogP contribution is -2.22. The van der Waals surface area contributed by atoms with Gasteiger partial charge in [0.2, 0.25) is 0 Å². The SMILES string of the molecule is COCC(C)c1cc(C(=O)O)n(COCC[Si](C)(C)C)n1. The summed E-state index contributed by atoms with van der Waals surface area (Å²) < 4.78 is 12.1. The molecular weight excluding hydrogens is 288 g/mol. The first kappa shape index (κ1) is 17.9. The Balaban J connectivity index is 2.69. The summed E-state index contributed by atoms with van der Waals surface area (Å²) >= 11 is 0. The largest absolute Gasteiger partial charge is 0.477 e. The quantitative estimate of drug-likeness (QED) is 0.560. The molecule has 0 spiro atoms. The van der Waals surface area contributed by atoms with Crippen molar-refractivity contribution >= 4 is 14.0 Å². The summed E-state index contributed by atoms with van der Waals surface area (Å²) in [4.78, 5) is 11.3. The summed E-state index contributed by atoms with van der Waals surface area (Å²) in [5, 5.41) is 13.6. The van der Waals surface area contributed by atoms with E-state index in [1.54, 1.807) is 13.2 Å². The van der Waals surface area contributed by atoms with E-state index in [4.69, 9.17) is 9.47 Å². The smallest absolute Gasteiger partial charge is 0.354 e. The predicted octanol–water partition coefficient (Wildman–Crippen LogP) is 2.64. The van der Waals surface area contributed by atoms with Gasteiger partial charge in [-0.05, 0) is 12.1 Å². The molecule has 1 heterocycles. The third kappa shape index (κ3) is 5.99. The molecule has 0 saturated heterocycles. The van der Waals surface area contributed by atoms with Crippen molar-refractivity contribution in [3.8, 4) is 0 Å². The molecule has 0 aliphatic rings. The predicted molar refractivity (Wildman–Crippen MR) is 83.6 cm³/mol. The Labute approximate surface area is 127 Å². The monoisotopic (exact) mass is 314 g/mol. The molecule has 0 radical (unpaired) electrons. The number of nitrogens with zero attached hydrogens (tertiary/aromatic N) is 2. The summed E-state index contributed by atoms with van der Waals surface area (Å²) in [7, 11) is 0.474. The average Bonchev–Trinajstić information content (AvgIpc) is 2.78. The first-order valence-corrected chi connectivity index (χ1v) is 10.8. The van der Waals surface area contributed by atoms with E-state index in [0.29, 0.717) is 18.9 Å². The standard InChI is InChI=1S/C14H26N2O4Si/c1-11(9-19-2)12-8-13(14(17)18)16(15-12)10-20-6-7-21(3,4)5/h8,11H,6-7,9-10H2,1-5H3,(H,17,18). The maximum atomic E-state index is 11.3. The summed E-state index contributed by atoms with van der Waals surface area (Å²) in [6, 6.07) is 2.64. The van der Waals surface area contributed by atoms with Crippen molar-refractivity contribution in [3.05, 3.63) is 17.5 Å². The first-order chi connectivity index (χ1) is 9.74. The van der Waals surface area contributed by atoms with Crippen LogP contribution >= 0.6 is 0 Å². The Morgan fingerprint density at radius 3 is 2.67 bits per heavy atom. The number of rotatable bonds is 9. The number of ether oxygens (including phenoxy) is 2. The molecule has 0 amide bonds. The van der Waals surface area contributed by atoms with Gasteiger partial charge in [-0.3, -0.25) is 0 Å². The van der Waals surface area contributed by atoms with Crippen molar-refractivity contribution < 1.29 is 19.4 Å². The van der Waals surface area contributed by atoms with Gasteiger partial charge in [0.25, 0.3) is 0 Å². The molecule has 0 aromatic carbocycles. The highest BCUT2D eigenvalue weighted by molar-refractivity contribution is 6.76. The number of carboxylic acids is 1. The Kier molecular flexibility index (Phi) is 6.57. The number of aromatic nitrogens is 2. The van der Waals surface area contributed by atoms with Gasteiger partial charge in [-0.1, -0.05) is 26.6 Å². The van der Waals surface area contributed by atoms with Crippen LogP contribution in [-0.4, -0.2) is 49.3 Å². The summed E-state index contributed by atoms with van der Waals surface area (Å²) in [6.45, 7) is 10.1. The number of hydrogen-bond acceptors (Lipinski definition) is 4. The summed E-state index contributed by atoms with van der Waals surface area (Å²) in [5.74, 6) is -0.941. The second kappa shape index (κ2) is 7.72. The number of methoxy groups -OCH3 is 1. The Hall–Kier alpha value is -1.18. The minimum Gasteiger partial charge on any atom is -0.477 e. The van der Waals surface area contributed by atoms with Gasteiger partial charge in [-0.2, -0.15) is 5.10 Å². The van der Waals surface area contributed by atoms with E-state index in [1.165, 1.54) is 4.68 Å². The second-order valence-electron chi connectivity index (χ2n) is 6.46. The van der Waals surface area contributed by atoms with Crippen LogP contribution in [0.1, 0.15) is 29.0 Å². The highest BCUT2D eigenvalue weighted by Gasteiger charge is 2.18. The van der Waals surface area contributed by atoms with Crippen molar-refractivity contribution in [2.24, 2.45) is 0 Å². The van der Waals surface area contributed by atoms with Crippen molar-refractivity contribution in [2.45, 2.75) is 45.3 Å². The van der Waals surface area contributed by atoms with Gasteiger partial charge >= 0.3 is 5.97 Å². The van der Waals surface area contributed by atoms with E-state index in [9.17, 15) is 9.90 Å². The number of carboxylic acid groups (broad SMARTS) is 1. The van der Waals surface area contributed by atoms with Crippen LogP contribution in [0.25, 0.3) is 0 Å². The van der Waals surface area contributed by atoms with Gasteiger partial charge in [0.15, 0.2) is 0 Å².